The van der Waals surface area contributed by atoms with Crippen LogP contribution in [0.3, 0.4) is 0 Å². The molecule has 2 aromatic carbocycles. The minimum atomic E-state index is -0.360. The highest BCUT2D eigenvalue weighted by molar-refractivity contribution is 5.77. The number of oxazole rings is 1. The van der Waals surface area contributed by atoms with Crippen LogP contribution >= 0.6 is 0 Å². The fourth-order valence-electron chi connectivity index (χ4n) is 4.06. The molecule has 0 saturated carbocycles. The van der Waals surface area contributed by atoms with Gasteiger partial charge in [0, 0.05) is 30.1 Å². The number of hydroxylamine groups is 2. The lowest BCUT2D eigenvalue weighted by Gasteiger charge is -2.33. The van der Waals surface area contributed by atoms with Crippen molar-refractivity contribution in [1.29, 1.82) is 0 Å². The summed E-state index contributed by atoms with van der Waals surface area (Å²) in [5.74, 6) is 1.47. The smallest absolute Gasteiger partial charge is 0.343 e. The van der Waals surface area contributed by atoms with Crippen LogP contribution in [0.25, 0.3) is 22.6 Å². The summed E-state index contributed by atoms with van der Waals surface area (Å²) < 4.78 is 6.34. The number of carbonyl (C=O) groups is 1. The first-order valence-electron chi connectivity index (χ1n) is 11.4. The number of likely N-dealkylation sites (tertiary alicyclic amines) is 1. The molecule has 1 fully saturated rings. The first-order valence-corrected chi connectivity index (χ1v) is 11.4. The summed E-state index contributed by atoms with van der Waals surface area (Å²) >= 11 is 0. The summed E-state index contributed by atoms with van der Waals surface area (Å²) in [5, 5.41) is 20.1. The molecule has 0 unspecified atom stereocenters. The lowest BCUT2D eigenvalue weighted by Crippen LogP contribution is -2.47. The van der Waals surface area contributed by atoms with Crippen LogP contribution in [0.15, 0.2) is 52.9 Å². The van der Waals surface area contributed by atoms with Crippen molar-refractivity contribution < 1.29 is 19.5 Å². The number of aryl methyl sites for hydroxylation is 1. The molecule has 0 spiro atoms. The number of hydrogen-bond donors (Lipinski definition) is 2. The van der Waals surface area contributed by atoms with Gasteiger partial charge >= 0.3 is 6.03 Å². The van der Waals surface area contributed by atoms with Crippen molar-refractivity contribution in [3.63, 3.8) is 0 Å². The number of aromatic nitrogens is 1. The van der Waals surface area contributed by atoms with E-state index in [1.165, 1.54) is 5.56 Å². The highest BCUT2D eigenvalue weighted by atomic mass is 16.5. The van der Waals surface area contributed by atoms with Gasteiger partial charge in [0.2, 0.25) is 0 Å². The van der Waals surface area contributed by atoms with Gasteiger partial charge in [-0.25, -0.2) is 14.8 Å². The number of benzene rings is 2. The fourth-order valence-corrected chi connectivity index (χ4v) is 4.06. The van der Waals surface area contributed by atoms with Crippen LogP contribution in [0.2, 0.25) is 0 Å². The van der Waals surface area contributed by atoms with E-state index in [1.807, 2.05) is 36.4 Å². The third-order valence-corrected chi connectivity index (χ3v) is 6.17. The maximum Gasteiger partial charge on any atom is 0.343 e. The predicted octanol–water partition coefficient (Wildman–Crippen LogP) is 5.21. The van der Waals surface area contributed by atoms with E-state index in [9.17, 15) is 15.1 Å². The van der Waals surface area contributed by atoms with Gasteiger partial charge in [-0.15, -0.1) is 0 Å². The largest absolute Gasteiger partial charge is 0.440 e. The number of aliphatic hydroxyl groups is 1. The zero-order chi connectivity index (χ0) is 23.5. The van der Waals surface area contributed by atoms with Crippen LogP contribution < -0.4 is 0 Å². The monoisotopic (exact) mass is 449 g/mol. The van der Waals surface area contributed by atoms with Gasteiger partial charge in [0.15, 0.2) is 11.7 Å². The lowest BCUT2D eigenvalue weighted by molar-refractivity contribution is -0.0815. The van der Waals surface area contributed by atoms with E-state index in [-0.39, 0.29) is 24.6 Å². The average Bonchev–Trinajstić information content (AvgIpc) is 3.29. The summed E-state index contributed by atoms with van der Waals surface area (Å²) in [6.07, 6.45) is 1.43. The van der Waals surface area contributed by atoms with Crippen molar-refractivity contribution in [2.24, 2.45) is 0 Å². The zero-order valence-electron chi connectivity index (χ0n) is 19.4. The quantitative estimate of drug-likeness (QED) is 0.412. The summed E-state index contributed by atoms with van der Waals surface area (Å²) in [5.41, 5.74) is 4.69. The number of hydrogen-bond acceptors (Lipinski definition) is 5. The SMILES string of the molecule is Cc1ccc(-c2nc(C3CCN(C(=O)N(O)C(C)C)CC3)oc2-c2ccc(CO)cc2)cc1. The van der Waals surface area contributed by atoms with Gasteiger partial charge in [0.1, 0.15) is 5.69 Å². The average molecular weight is 450 g/mol. The molecule has 2 amide bonds. The molecule has 7 heteroatoms. The van der Waals surface area contributed by atoms with Crippen LogP contribution in [-0.2, 0) is 6.61 Å². The van der Waals surface area contributed by atoms with Crippen molar-refractivity contribution in [2.75, 3.05) is 13.1 Å². The molecule has 3 aromatic rings. The Bertz CT molecular complexity index is 1080. The van der Waals surface area contributed by atoms with Crippen molar-refractivity contribution >= 4 is 6.03 Å². The van der Waals surface area contributed by atoms with E-state index in [0.717, 1.165) is 27.4 Å². The molecule has 1 aliphatic rings. The lowest BCUT2D eigenvalue weighted by atomic mass is 9.97. The topological polar surface area (TPSA) is 90.0 Å². The number of aliphatic hydroxyl groups excluding tert-OH is 1. The second-order valence-electron chi connectivity index (χ2n) is 8.93. The molecule has 0 bridgehead atoms. The minimum Gasteiger partial charge on any atom is -0.440 e. The van der Waals surface area contributed by atoms with E-state index < -0.39 is 0 Å². The van der Waals surface area contributed by atoms with Gasteiger partial charge < -0.3 is 14.4 Å². The maximum atomic E-state index is 12.4. The highest BCUT2D eigenvalue weighted by Gasteiger charge is 2.31. The van der Waals surface area contributed by atoms with E-state index in [2.05, 4.69) is 19.1 Å². The Balaban J connectivity index is 1.60. The van der Waals surface area contributed by atoms with Gasteiger partial charge in [0.05, 0.1) is 12.6 Å². The third kappa shape index (κ3) is 4.94. The van der Waals surface area contributed by atoms with Crippen molar-refractivity contribution in [3.05, 3.63) is 65.5 Å². The number of nitrogens with zero attached hydrogens (tertiary/aromatic N) is 3. The Morgan fingerprint density at radius 2 is 1.70 bits per heavy atom. The van der Waals surface area contributed by atoms with Crippen LogP contribution in [0.5, 0.6) is 0 Å². The zero-order valence-corrected chi connectivity index (χ0v) is 19.4. The van der Waals surface area contributed by atoms with E-state index in [1.54, 1.807) is 18.7 Å². The molecule has 7 nitrogen and oxygen atoms in total. The van der Waals surface area contributed by atoms with Crippen LogP contribution in [-0.4, -0.2) is 50.4 Å². The summed E-state index contributed by atoms with van der Waals surface area (Å²) in [7, 11) is 0. The van der Waals surface area contributed by atoms with E-state index >= 15 is 0 Å². The van der Waals surface area contributed by atoms with Crippen molar-refractivity contribution in [3.8, 4) is 22.6 Å². The van der Waals surface area contributed by atoms with Gasteiger partial charge in [-0.3, -0.25) is 5.21 Å². The van der Waals surface area contributed by atoms with Gasteiger partial charge in [-0.2, -0.15) is 0 Å². The highest BCUT2D eigenvalue weighted by Crippen LogP contribution is 2.37. The molecular weight excluding hydrogens is 418 g/mol. The van der Waals surface area contributed by atoms with Crippen LogP contribution in [0.1, 0.15) is 49.6 Å². The molecule has 2 N–H and O–H groups in total. The molecular formula is C26H31N3O4. The van der Waals surface area contributed by atoms with Gasteiger partial charge in [-0.05, 0) is 39.2 Å². The number of rotatable bonds is 5. The molecule has 1 saturated heterocycles. The Morgan fingerprint density at radius 3 is 2.27 bits per heavy atom. The summed E-state index contributed by atoms with van der Waals surface area (Å²) in [6.45, 7) is 6.67. The number of amides is 2. The standard InChI is InChI=1S/C26H31N3O4/c1-17(2)29(32)26(31)28-14-12-22(13-15-28)25-27-23(20-8-4-18(3)5-9-20)24(33-25)21-10-6-19(16-30)7-11-21/h4-11,17,22,30,32H,12-16H2,1-3H3. The number of urea groups is 1. The second kappa shape index (κ2) is 9.77. The fraction of sp³-hybridized carbons (Fsp3) is 0.385. The maximum absolute atomic E-state index is 12.4. The number of carbonyl (C=O) groups excluding carboxylic acids is 1. The molecule has 0 atom stereocenters. The number of piperidine rings is 1. The van der Waals surface area contributed by atoms with Crippen LogP contribution in [0.4, 0.5) is 4.79 Å². The Labute approximate surface area is 194 Å². The summed E-state index contributed by atoms with van der Waals surface area (Å²) in [6, 6.07) is 15.2. The molecule has 1 aromatic heterocycles. The molecule has 0 radical (unpaired) electrons. The first kappa shape index (κ1) is 23.0. The minimum absolute atomic E-state index is 0.00781. The molecule has 2 heterocycles. The van der Waals surface area contributed by atoms with Gasteiger partial charge in [-0.1, -0.05) is 54.1 Å². The Hall–Kier alpha value is -3.16. The second-order valence-corrected chi connectivity index (χ2v) is 8.93. The summed E-state index contributed by atoms with van der Waals surface area (Å²) in [4.78, 5) is 19.0. The molecule has 33 heavy (non-hydrogen) atoms. The van der Waals surface area contributed by atoms with E-state index in [4.69, 9.17) is 9.40 Å². The normalized spacial score (nSPS) is 14.7. The first-order chi connectivity index (χ1) is 15.9. The molecule has 174 valence electrons. The Morgan fingerprint density at radius 1 is 1.09 bits per heavy atom. The van der Waals surface area contributed by atoms with E-state index in [0.29, 0.717) is 37.6 Å². The molecule has 1 aliphatic heterocycles. The third-order valence-electron chi connectivity index (χ3n) is 6.17. The van der Waals surface area contributed by atoms with Crippen LogP contribution in [0, 0.1) is 6.92 Å². The van der Waals surface area contributed by atoms with Crippen molar-refractivity contribution in [1.82, 2.24) is 14.9 Å². The predicted molar refractivity (Wildman–Crippen MR) is 126 cm³/mol. The van der Waals surface area contributed by atoms with Gasteiger partial charge in [0.25, 0.3) is 0 Å². The molecule has 4 rings (SSSR count). The van der Waals surface area contributed by atoms with Crippen molar-refractivity contribution in [2.45, 2.75) is 52.2 Å². The molecule has 0 aliphatic carbocycles. The Kier molecular flexibility index (Phi) is 6.81.